The lowest BCUT2D eigenvalue weighted by Crippen LogP contribution is -2.25. The zero-order chi connectivity index (χ0) is 15.6. The number of aromatic amines is 1. The summed E-state index contributed by atoms with van der Waals surface area (Å²) in [7, 11) is 0. The van der Waals surface area contributed by atoms with E-state index in [-0.39, 0.29) is 6.04 Å². The van der Waals surface area contributed by atoms with Crippen LogP contribution in [0.4, 0.5) is 0 Å². The number of aromatic nitrogens is 4. The number of aliphatic hydroxyl groups excluding tert-OH is 1. The predicted molar refractivity (Wildman–Crippen MR) is 82.1 cm³/mol. The Balaban J connectivity index is 1.57. The largest absolute Gasteiger partial charge is 0.392 e. The van der Waals surface area contributed by atoms with Crippen molar-refractivity contribution in [1.29, 1.82) is 0 Å². The summed E-state index contributed by atoms with van der Waals surface area (Å²) in [4.78, 5) is 13.9. The maximum absolute atomic E-state index is 10.0. The third kappa shape index (κ3) is 2.88. The van der Waals surface area contributed by atoms with Crippen LogP contribution < -0.4 is 0 Å². The van der Waals surface area contributed by atoms with Crippen molar-refractivity contribution >= 4 is 0 Å². The summed E-state index contributed by atoms with van der Waals surface area (Å²) in [5.74, 6) is 1.96. The lowest BCUT2D eigenvalue weighted by atomic mass is 10.2. The molecule has 2 N–H and O–H groups in total. The molecule has 1 fully saturated rings. The number of aliphatic hydroxyl groups is 1. The third-order valence-corrected chi connectivity index (χ3v) is 4.05. The van der Waals surface area contributed by atoms with E-state index in [1.165, 1.54) is 0 Å². The predicted octanol–water partition coefficient (Wildman–Crippen LogP) is 1.77. The molecule has 1 aliphatic heterocycles. The molecule has 1 aliphatic rings. The fourth-order valence-corrected chi connectivity index (χ4v) is 2.96. The molecule has 0 saturated carbocycles. The average Bonchev–Trinajstić information content (AvgIpc) is 3.30. The highest BCUT2D eigenvalue weighted by Crippen LogP contribution is 2.33. The standard InChI is InChI=1S/C16H17N5O2/c22-12-8-13(21(9-12)10-14-17-6-7-18-14)16-19-15(20-23-16)11-4-2-1-3-5-11/h1-7,12-13,22H,8-10H2,(H,17,18)/t12-,13+/m1/s1. The van der Waals surface area contributed by atoms with Crippen molar-refractivity contribution < 1.29 is 9.63 Å². The highest BCUT2D eigenvalue weighted by Gasteiger charge is 2.36. The first-order valence-electron chi connectivity index (χ1n) is 7.59. The SMILES string of the molecule is O[C@@H]1C[C@@H](c2nc(-c3ccccc3)no2)N(Cc2ncc[nH]2)C1. The van der Waals surface area contributed by atoms with Gasteiger partial charge in [0.1, 0.15) is 5.82 Å². The average molecular weight is 311 g/mol. The minimum absolute atomic E-state index is 0.0972. The summed E-state index contributed by atoms with van der Waals surface area (Å²) in [5, 5.41) is 14.1. The molecule has 4 rings (SSSR count). The monoisotopic (exact) mass is 311 g/mol. The molecule has 118 valence electrons. The normalized spacial score (nSPS) is 21.8. The molecule has 2 atom stereocenters. The Kier molecular flexibility index (Phi) is 3.64. The number of H-pyrrole nitrogens is 1. The van der Waals surface area contributed by atoms with Gasteiger partial charge < -0.3 is 14.6 Å². The topological polar surface area (TPSA) is 91.1 Å². The number of hydrogen-bond acceptors (Lipinski definition) is 6. The molecule has 0 aliphatic carbocycles. The minimum atomic E-state index is -0.401. The van der Waals surface area contributed by atoms with Crippen molar-refractivity contribution in [2.24, 2.45) is 0 Å². The molecule has 0 unspecified atom stereocenters. The molecule has 3 heterocycles. The van der Waals surface area contributed by atoms with Crippen LogP contribution >= 0.6 is 0 Å². The van der Waals surface area contributed by atoms with Crippen molar-refractivity contribution in [3.63, 3.8) is 0 Å². The molecular formula is C16H17N5O2. The van der Waals surface area contributed by atoms with Crippen molar-refractivity contribution in [1.82, 2.24) is 25.0 Å². The Bertz CT molecular complexity index is 756. The van der Waals surface area contributed by atoms with E-state index in [4.69, 9.17) is 4.52 Å². The smallest absolute Gasteiger partial charge is 0.244 e. The van der Waals surface area contributed by atoms with Gasteiger partial charge in [-0.15, -0.1) is 0 Å². The maximum atomic E-state index is 10.0. The van der Waals surface area contributed by atoms with E-state index in [2.05, 4.69) is 25.0 Å². The summed E-state index contributed by atoms with van der Waals surface area (Å²) in [5.41, 5.74) is 0.915. The lowest BCUT2D eigenvalue weighted by Gasteiger charge is -2.19. The highest BCUT2D eigenvalue weighted by atomic mass is 16.5. The second-order valence-electron chi connectivity index (χ2n) is 5.69. The molecule has 0 spiro atoms. The van der Waals surface area contributed by atoms with E-state index in [9.17, 15) is 5.11 Å². The second kappa shape index (κ2) is 5.94. The van der Waals surface area contributed by atoms with E-state index < -0.39 is 6.10 Å². The molecule has 1 saturated heterocycles. The lowest BCUT2D eigenvalue weighted by molar-refractivity contribution is 0.167. The summed E-state index contributed by atoms with van der Waals surface area (Å²) in [6, 6.07) is 9.61. The van der Waals surface area contributed by atoms with Gasteiger partial charge in [-0.25, -0.2) is 4.98 Å². The van der Waals surface area contributed by atoms with E-state index in [1.807, 2.05) is 30.3 Å². The van der Waals surface area contributed by atoms with Crippen LogP contribution in [0.1, 0.15) is 24.2 Å². The van der Waals surface area contributed by atoms with E-state index in [0.29, 0.717) is 31.2 Å². The van der Waals surface area contributed by atoms with Crippen molar-refractivity contribution in [3.8, 4) is 11.4 Å². The summed E-state index contributed by atoms with van der Waals surface area (Å²) < 4.78 is 5.46. The molecule has 1 aromatic carbocycles. The van der Waals surface area contributed by atoms with Crippen LogP contribution in [-0.2, 0) is 6.54 Å². The fraction of sp³-hybridized carbons (Fsp3) is 0.312. The van der Waals surface area contributed by atoms with Crippen LogP contribution in [0.3, 0.4) is 0 Å². The van der Waals surface area contributed by atoms with Gasteiger partial charge in [0.05, 0.1) is 18.7 Å². The van der Waals surface area contributed by atoms with Crippen LogP contribution in [0.15, 0.2) is 47.2 Å². The van der Waals surface area contributed by atoms with Gasteiger partial charge in [-0.2, -0.15) is 4.98 Å². The van der Waals surface area contributed by atoms with Gasteiger partial charge in [-0.05, 0) is 6.42 Å². The van der Waals surface area contributed by atoms with Gasteiger partial charge in [0.15, 0.2) is 0 Å². The number of nitrogens with zero attached hydrogens (tertiary/aromatic N) is 4. The van der Waals surface area contributed by atoms with E-state index in [1.54, 1.807) is 12.4 Å². The molecule has 7 nitrogen and oxygen atoms in total. The van der Waals surface area contributed by atoms with Crippen LogP contribution in [0.5, 0.6) is 0 Å². The molecule has 23 heavy (non-hydrogen) atoms. The molecule has 0 bridgehead atoms. The zero-order valence-corrected chi connectivity index (χ0v) is 12.5. The highest BCUT2D eigenvalue weighted by molar-refractivity contribution is 5.53. The van der Waals surface area contributed by atoms with Crippen LogP contribution in [-0.4, -0.2) is 42.8 Å². The molecule has 0 radical (unpaired) electrons. The molecular weight excluding hydrogens is 294 g/mol. The van der Waals surface area contributed by atoms with Crippen LogP contribution in [0, 0.1) is 0 Å². The third-order valence-electron chi connectivity index (χ3n) is 4.05. The van der Waals surface area contributed by atoms with Crippen LogP contribution in [0.2, 0.25) is 0 Å². The Labute approximate surface area is 133 Å². The van der Waals surface area contributed by atoms with Gasteiger partial charge in [-0.3, -0.25) is 4.90 Å². The first kappa shape index (κ1) is 14.1. The first-order valence-corrected chi connectivity index (χ1v) is 7.59. The second-order valence-corrected chi connectivity index (χ2v) is 5.69. The van der Waals surface area contributed by atoms with Crippen molar-refractivity contribution in [3.05, 3.63) is 54.4 Å². The number of hydrogen-bond donors (Lipinski definition) is 2. The van der Waals surface area contributed by atoms with Crippen LogP contribution in [0.25, 0.3) is 11.4 Å². The first-order chi connectivity index (χ1) is 11.3. The Morgan fingerprint density at radius 2 is 2.17 bits per heavy atom. The molecule has 0 amide bonds. The van der Waals surface area contributed by atoms with Crippen molar-refractivity contribution in [2.75, 3.05) is 6.54 Å². The number of benzene rings is 1. The number of imidazole rings is 1. The summed E-state index contributed by atoms with van der Waals surface area (Å²) in [6.45, 7) is 1.17. The Hall–Kier alpha value is -2.51. The van der Waals surface area contributed by atoms with Gasteiger partial charge in [-0.1, -0.05) is 35.5 Å². The van der Waals surface area contributed by atoms with Gasteiger partial charge in [0.25, 0.3) is 0 Å². The zero-order valence-electron chi connectivity index (χ0n) is 12.5. The Morgan fingerprint density at radius 1 is 1.30 bits per heavy atom. The maximum Gasteiger partial charge on any atom is 0.244 e. The number of β-amino-alcohol motifs (C(OH)–C–C–N with tert-alkyl or cyclic N) is 1. The van der Waals surface area contributed by atoms with E-state index >= 15 is 0 Å². The summed E-state index contributed by atoms with van der Waals surface area (Å²) in [6.07, 6.45) is 3.69. The van der Waals surface area contributed by atoms with Gasteiger partial charge >= 0.3 is 0 Å². The number of rotatable bonds is 4. The molecule has 2 aromatic heterocycles. The number of likely N-dealkylation sites (tertiary alicyclic amines) is 1. The van der Waals surface area contributed by atoms with Gasteiger partial charge in [0.2, 0.25) is 11.7 Å². The van der Waals surface area contributed by atoms with Crippen molar-refractivity contribution in [2.45, 2.75) is 25.1 Å². The van der Waals surface area contributed by atoms with E-state index in [0.717, 1.165) is 11.4 Å². The molecule has 7 heteroatoms. The number of nitrogens with one attached hydrogen (secondary N) is 1. The molecule has 3 aromatic rings. The summed E-state index contributed by atoms with van der Waals surface area (Å²) >= 11 is 0. The fourth-order valence-electron chi connectivity index (χ4n) is 2.96. The minimum Gasteiger partial charge on any atom is -0.392 e. The quantitative estimate of drug-likeness (QED) is 0.763. The van der Waals surface area contributed by atoms with Gasteiger partial charge in [0, 0.05) is 24.5 Å². The Morgan fingerprint density at radius 3 is 2.96 bits per heavy atom.